The van der Waals surface area contributed by atoms with Crippen molar-refractivity contribution >= 4 is 28.6 Å². The number of esters is 1. The lowest BCUT2D eigenvalue weighted by atomic mass is 10.1. The van der Waals surface area contributed by atoms with Crippen LogP contribution >= 0.6 is 11.6 Å². The molecule has 3 rings (SSSR count). The molecule has 0 saturated carbocycles. The van der Waals surface area contributed by atoms with Gasteiger partial charge in [0.15, 0.2) is 5.15 Å². The Balaban J connectivity index is 0.000000924. The lowest BCUT2D eigenvalue weighted by molar-refractivity contribution is 0.0601. The van der Waals surface area contributed by atoms with Gasteiger partial charge >= 0.3 is 5.97 Å². The summed E-state index contributed by atoms with van der Waals surface area (Å²) in [6.45, 7) is 4.00. The minimum atomic E-state index is -0.415. The van der Waals surface area contributed by atoms with Gasteiger partial charge in [0.05, 0.1) is 23.7 Å². The number of nitrogens with zero attached hydrogens (tertiary/aromatic N) is 2. The van der Waals surface area contributed by atoms with Crippen LogP contribution < -0.4 is 0 Å². The van der Waals surface area contributed by atoms with Crippen molar-refractivity contribution in [3.63, 3.8) is 0 Å². The molecule has 0 fully saturated rings. The summed E-state index contributed by atoms with van der Waals surface area (Å²) < 4.78 is 4.69. The van der Waals surface area contributed by atoms with Crippen molar-refractivity contribution in [3.05, 3.63) is 59.2 Å². The van der Waals surface area contributed by atoms with E-state index < -0.39 is 5.97 Å². The van der Waals surface area contributed by atoms with Crippen LogP contribution in [-0.4, -0.2) is 23.0 Å². The number of hydrogen-bond acceptors (Lipinski definition) is 4. The van der Waals surface area contributed by atoms with Crippen LogP contribution in [0, 0.1) is 0 Å². The zero-order valence-electron chi connectivity index (χ0n) is 13.2. The Hall–Kier alpha value is -2.46. The van der Waals surface area contributed by atoms with E-state index in [2.05, 4.69) is 14.7 Å². The van der Waals surface area contributed by atoms with Gasteiger partial charge in [-0.25, -0.2) is 14.8 Å². The highest BCUT2D eigenvalue weighted by atomic mass is 35.5. The highest BCUT2D eigenvalue weighted by molar-refractivity contribution is 6.32. The van der Waals surface area contributed by atoms with Gasteiger partial charge < -0.3 is 4.74 Å². The van der Waals surface area contributed by atoms with Crippen LogP contribution in [0.3, 0.4) is 0 Å². The molecule has 3 aromatic rings. The minimum absolute atomic E-state index is 0.302. The first-order valence-electron chi connectivity index (χ1n) is 7.30. The van der Waals surface area contributed by atoms with Crippen molar-refractivity contribution in [2.75, 3.05) is 7.11 Å². The molecule has 2 aromatic carbocycles. The maximum absolute atomic E-state index is 11.5. The maximum atomic E-state index is 11.5. The Morgan fingerprint density at radius 3 is 2.35 bits per heavy atom. The molecule has 0 N–H and O–H groups in total. The Bertz CT molecular complexity index is 820. The molecule has 4 nitrogen and oxygen atoms in total. The number of ether oxygens (including phenoxy) is 1. The molecule has 0 bridgehead atoms. The predicted molar refractivity (Wildman–Crippen MR) is 92.7 cm³/mol. The lowest BCUT2D eigenvalue weighted by Crippen LogP contribution is -2.01. The minimum Gasteiger partial charge on any atom is -0.465 e. The number of carbonyl (C=O) groups is 1. The normalized spacial score (nSPS) is 9.91. The fraction of sp³-hybridized carbons (Fsp3) is 0.167. The molecular formula is C18H17ClN2O2. The van der Waals surface area contributed by atoms with Crippen LogP contribution in [-0.2, 0) is 4.74 Å². The molecule has 0 unspecified atom stereocenters. The summed E-state index contributed by atoms with van der Waals surface area (Å²) in [4.78, 5) is 20.4. The summed E-state index contributed by atoms with van der Waals surface area (Å²) in [5.41, 5.74) is 3.17. The standard InChI is InChI=1S/C16H11ClN2O2.C2H6/c1-21-16(20)11-7-8-12-13(9-11)19-15(17)14(18-12)10-5-3-2-4-6-10;1-2/h2-9H,1H3;1-2H3. The molecule has 0 atom stereocenters. The summed E-state index contributed by atoms with van der Waals surface area (Å²) in [6.07, 6.45) is 0. The van der Waals surface area contributed by atoms with Crippen molar-refractivity contribution in [3.8, 4) is 11.3 Å². The molecule has 1 aromatic heterocycles. The number of methoxy groups -OCH3 is 1. The second-order valence-corrected chi connectivity index (χ2v) is 4.78. The third kappa shape index (κ3) is 3.66. The van der Waals surface area contributed by atoms with Gasteiger partial charge in [-0.1, -0.05) is 55.8 Å². The molecule has 0 amide bonds. The van der Waals surface area contributed by atoms with Crippen LogP contribution in [0.5, 0.6) is 0 Å². The van der Waals surface area contributed by atoms with Crippen molar-refractivity contribution in [2.24, 2.45) is 0 Å². The fourth-order valence-electron chi connectivity index (χ4n) is 2.06. The Morgan fingerprint density at radius 2 is 1.70 bits per heavy atom. The Labute approximate surface area is 140 Å². The first-order valence-corrected chi connectivity index (χ1v) is 7.68. The van der Waals surface area contributed by atoms with Crippen LogP contribution in [0.4, 0.5) is 0 Å². The van der Waals surface area contributed by atoms with Gasteiger partial charge in [0.25, 0.3) is 0 Å². The van der Waals surface area contributed by atoms with Crippen LogP contribution in [0.2, 0.25) is 5.15 Å². The summed E-state index contributed by atoms with van der Waals surface area (Å²) in [6, 6.07) is 14.6. The van der Waals surface area contributed by atoms with Crippen molar-refractivity contribution in [1.82, 2.24) is 9.97 Å². The molecule has 0 spiro atoms. The van der Waals surface area contributed by atoms with E-state index in [4.69, 9.17) is 11.6 Å². The first-order chi connectivity index (χ1) is 11.2. The van der Waals surface area contributed by atoms with E-state index in [0.29, 0.717) is 27.4 Å². The zero-order valence-corrected chi connectivity index (χ0v) is 14.0. The van der Waals surface area contributed by atoms with Gasteiger partial charge in [0.1, 0.15) is 5.69 Å². The first kappa shape index (κ1) is 16.9. The van der Waals surface area contributed by atoms with E-state index in [1.165, 1.54) is 7.11 Å². The summed E-state index contributed by atoms with van der Waals surface area (Å²) in [5, 5.41) is 0.302. The number of fused-ring (bicyclic) bond motifs is 1. The van der Waals surface area contributed by atoms with E-state index >= 15 is 0 Å². The quantitative estimate of drug-likeness (QED) is 0.636. The second-order valence-electron chi connectivity index (χ2n) is 4.42. The van der Waals surface area contributed by atoms with E-state index in [9.17, 15) is 4.79 Å². The van der Waals surface area contributed by atoms with E-state index in [1.54, 1.807) is 18.2 Å². The lowest BCUT2D eigenvalue weighted by Gasteiger charge is -2.06. The number of rotatable bonds is 2. The second kappa shape index (κ2) is 7.70. The van der Waals surface area contributed by atoms with E-state index in [0.717, 1.165) is 5.56 Å². The van der Waals surface area contributed by atoms with Crippen LogP contribution in [0.15, 0.2) is 48.5 Å². The number of carbonyl (C=O) groups excluding carboxylic acids is 1. The van der Waals surface area contributed by atoms with Crippen LogP contribution in [0.25, 0.3) is 22.3 Å². The molecule has 0 aliphatic carbocycles. The smallest absolute Gasteiger partial charge is 0.337 e. The molecule has 0 aliphatic heterocycles. The van der Waals surface area contributed by atoms with Gasteiger partial charge in [-0.15, -0.1) is 0 Å². The van der Waals surface area contributed by atoms with Crippen molar-refractivity contribution < 1.29 is 9.53 Å². The van der Waals surface area contributed by atoms with Gasteiger partial charge in [-0.05, 0) is 18.2 Å². The molecule has 0 radical (unpaired) electrons. The maximum Gasteiger partial charge on any atom is 0.337 e. The van der Waals surface area contributed by atoms with Gasteiger partial charge in [0.2, 0.25) is 0 Å². The Kier molecular flexibility index (Phi) is 5.66. The summed E-state index contributed by atoms with van der Waals surface area (Å²) >= 11 is 6.21. The van der Waals surface area contributed by atoms with Gasteiger partial charge in [0, 0.05) is 5.56 Å². The Morgan fingerprint density at radius 1 is 1.00 bits per heavy atom. The van der Waals surface area contributed by atoms with Gasteiger partial charge in [-0.3, -0.25) is 0 Å². The summed E-state index contributed by atoms with van der Waals surface area (Å²) in [7, 11) is 1.34. The third-order valence-corrected chi connectivity index (χ3v) is 3.35. The highest BCUT2D eigenvalue weighted by Gasteiger charge is 2.11. The fourth-order valence-corrected chi connectivity index (χ4v) is 2.30. The monoisotopic (exact) mass is 328 g/mol. The average Bonchev–Trinajstić information content (AvgIpc) is 2.62. The SMILES string of the molecule is CC.COC(=O)c1ccc2nc(-c3ccccc3)c(Cl)nc2c1. The number of aromatic nitrogens is 2. The topological polar surface area (TPSA) is 52.1 Å². The van der Waals surface area contributed by atoms with E-state index in [1.807, 2.05) is 44.2 Å². The molecule has 5 heteroatoms. The predicted octanol–water partition coefficient (Wildman–Crippen LogP) is 4.76. The molecule has 23 heavy (non-hydrogen) atoms. The van der Waals surface area contributed by atoms with Crippen molar-refractivity contribution in [2.45, 2.75) is 13.8 Å². The average molecular weight is 329 g/mol. The highest BCUT2D eigenvalue weighted by Crippen LogP contribution is 2.26. The van der Waals surface area contributed by atoms with Gasteiger partial charge in [-0.2, -0.15) is 0 Å². The number of benzene rings is 2. The molecule has 1 heterocycles. The molecule has 118 valence electrons. The van der Waals surface area contributed by atoms with E-state index in [-0.39, 0.29) is 0 Å². The largest absolute Gasteiger partial charge is 0.465 e. The zero-order chi connectivity index (χ0) is 16.8. The number of hydrogen-bond donors (Lipinski definition) is 0. The van der Waals surface area contributed by atoms with Crippen LogP contribution in [0.1, 0.15) is 24.2 Å². The van der Waals surface area contributed by atoms with Crippen molar-refractivity contribution in [1.29, 1.82) is 0 Å². The third-order valence-electron chi connectivity index (χ3n) is 3.09. The molecular weight excluding hydrogens is 312 g/mol. The summed E-state index contributed by atoms with van der Waals surface area (Å²) in [5.74, 6) is -0.415. The number of halogens is 1. The molecule has 0 aliphatic rings. The molecule has 0 saturated heterocycles.